The molecule has 1 aromatic carbocycles. The van der Waals surface area contributed by atoms with Crippen molar-refractivity contribution in [1.82, 2.24) is 14.5 Å². The van der Waals surface area contributed by atoms with Gasteiger partial charge in [0.05, 0.1) is 0 Å². The van der Waals surface area contributed by atoms with Gasteiger partial charge in [-0.15, -0.1) is 0 Å². The Morgan fingerprint density at radius 2 is 1.95 bits per heavy atom. The fourth-order valence-corrected chi connectivity index (χ4v) is 2.95. The summed E-state index contributed by atoms with van der Waals surface area (Å²) in [7, 11) is 2.07. The second kappa shape index (κ2) is 6.31. The minimum atomic E-state index is 1.04. The highest BCUT2D eigenvalue weighted by Gasteiger charge is 2.17. The van der Waals surface area contributed by atoms with Crippen LogP contribution in [0.3, 0.4) is 0 Å². The highest BCUT2D eigenvalue weighted by Crippen LogP contribution is 2.17. The van der Waals surface area contributed by atoms with Crippen LogP contribution in [0.4, 0.5) is 5.69 Å². The molecule has 0 bridgehead atoms. The van der Waals surface area contributed by atoms with Gasteiger partial charge in [-0.05, 0) is 24.6 Å². The van der Waals surface area contributed by atoms with Gasteiger partial charge in [-0.2, -0.15) is 0 Å². The van der Waals surface area contributed by atoms with Gasteiger partial charge in [0.2, 0.25) is 0 Å². The fraction of sp³-hybridized carbons (Fsp3) is 0.471. The smallest absolute Gasteiger partial charge is 0.109 e. The third-order valence-corrected chi connectivity index (χ3v) is 4.31. The van der Waals surface area contributed by atoms with E-state index in [4.69, 9.17) is 0 Å². The highest BCUT2D eigenvalue weighted by molar-refractivity contribution is 5.48. The summed E-state index contributed by atoms with van der Waals surface area (Å²) in [5.41, 5.74) is 2.70. The van der Waals surface area contributed by atoms with Crippen molar-refractivity contribution < 1.29 is 0 Å². The van der Waals surface area contributed by atoms with Gasteiger partial charge in [0.25, 0.3) is 0 Å². The van der Waals surface area contributed by atoms with Crippen LogP contribution in [-0.4, -0.2) is 47.2 Å². The monoisotopic (exact) mass is 284 g/mol. The molecule has 0 saturated carbocycles. The van der Waals surface area contributed by atoms with Gasteiger partial charge in [-0.1, -0.05) is 12.1 Å². The normalized spacial score (nSPS) is 16.4. The first-order valence-corrected chi connectivity index (χ1v) is 7.72. The van der Waals surface area contributed by atoms with E-state index >= 15 is 0 Å². The number of aryl methyl sites for hydroxylation is 2. The van der Waals surface area contributed by atoms with Crippen LogP contribution in [0.2, 0.25) is 0 Å². The van der Waals surface area contributed by atoms with E-state index in [-0.39, 0.29) is 0 Å². The van der Waals surface area contributed by atoms with Crippen molar-refractivity contribution in [3.63, 3.8) is 0 Å². The number of benzene rings is 1. The van der Waals surface area contributed by atoms with E-state index in [0.29, 0.717) is 0 Å². The molecule has 112 valence electrons. The highest BCUT2D eigenvalue weighted by atomic mass is 15.3. The zero-order valence-electron chi connectivity index (χ0n) is 13.0. The van der Waals surface area contributed by atoms with Crippen LogP contribution in [0, 0.1) is 6.92 Å². The maximum Gasteiger partial charge on any atom is 0.109 e. The average Bonchev–Trinajstić information content (AvgIpc) is 2.91. The maximum absolute atomic E-state index is 4.40. The van der Waals surface area contributed by atoms with E-state index in [1.807, 2.05) is 12.4 Å². The van der Waals surface area contributed by atoms with Crippen molar-refractivity contribution >= 4 is 5.69 Å². The van der Waals surface area contributed by atoms with Crippen LogP contribution in [0.25, 0.3) is 0 Å². The molecule has 4 nitrogen and oxygen atoms in total. The molecule has 1 fully saturated rings. The lowest BCUT2D eigenvalue weighted by atomic mass is 10.2. The number of hydrogen-bond acceptors (Lipinski definition) is 3. The zero-order valence-corrected chi connectivity index (χ0v) is 13.0. The van der Waals surface area contributed by atoms with Crippen molar-refractivity contribution in [2.45, 2.75) is 13.3 Å². The Labute approximate surface area is 127 Å². The van der Waals surface area contributed by atoms with Crippen LogP contribution >= 0.6 is 0 Å². The van der Waals surface area contributed by atoms with Gasteiger partial charge < -0.3 is 9.47 Å². The predicted molar refractivity (Wildman–Crippen MR) is 86.7 cm³/mol. The van der Waals surface area contributed by atoms with E-state index in [1.165, 1.54) is 17.1 Å². The lowest BCUT2D eigenvalue weighted by Crippen LogP contribution is -2.47. The van der Waals surface area contributed by atoms with Crippen molar-refractivity contribution in [2.75, 3.05) is 37.6 Å². The van der Waals surface area contributed by atoms with Crippen LogP contribution in [0.5, 0.6) is 0 Å². The minimum absolute atomic E-state index is 1.04. The van der Waals surface area contributed by atoms with E-state index < -0.39 is 0 Å². The number of hydrogen-bond donors (Lipinski definition) is 0. The molecule has 0 unspecified atom stereocenters. The van der Waals surface area contributed by atoms with Crippen molar-refractivity contribution in [3.8, 4) is 0 Å². The molecular weight excluding hydrogens is 260 g/mol. The van der Waals surface area contributed by atoms with E-state index in [9.17, 15) is 0 Å². The van der Waals surface area contributed by atoms with Crippen LogP contribution < -0.4 is 4.90 Å². The van der Waals surface area contributed by atoms with E-state index in [2.05, 4.69) is 57.6 Å². The Kier molecular flexibility index (Phi) is 4.25. The Morgan fingerprint density at radius 3 is 2.62 bits per heavy atom. The number of anilines is 1. The Balaban J connectivity index is 1.50. The van der Waals surface area contributed by atoms with Crippen LogP contribution in [0.15, 0.2) is 36.7 Å². The summed E-state index contributed by atoms with van der Waals surface area (Å²) in [6, 6.07) is 8.81. The standard InChI is InChI=1S/C17H24N4/c1-15-4-3-5-16(14-15)21-12-10-20(11-13-21)8-6-17-18-7-9-19(17)2/h3-5,7,9,14H,6,8,10-13H2,1-2H3. The summed E-state index contributed by atoms with van der Waals surface area (Å²) in [6.07, 6.45) is 4.93. The zero-order chi connectivity index (χ0) is 14.7. The Morgan fingerprint density at radius 1 is 1.14 bits per heavy atom. The molecule has 3 rings (SSSR count). The van der Waals surface area contributed by atoms with Gasteiger partial charge >= 0.3 is 0 Å². The summed E-state index contributed by atoms with van der Waals surface area (Å²) in [6.45, 7) is 7.77. The molecule has 1 aliphatic rings. The molecule has 0 N–H and O–H groups in total. The third kappa shape index (κ3) is 3.45. The SMILES string of the molecule is Cc1cccc(N2CCN(CCc3nccn3C)CC2)c1. The molecule has 2 aromatic rings. The van der Waals surface area contributed by atoms with Crippen molar-refractivity contribution in [3.05, 3.63) is 48.0 Å². The summed E-state index contributed by atoms with van der Waals surface area (Å²) in [4.78, 5) is 9.43. The molecule has 0 aliphatic carbocycles. The first-order chi connectivity index (χ1) is 10.2. The summed E-state index contributed by atoms with van der Waals surface area (Å²) in [5.74, 6) is 1.18. The summed E-state index contributed by atoms with van der Waals surface area (Å²) in [5, 5.41) is 0. The third-order valence-electron chi connectivity index (χ3n) is 4.31. The first-order valence-electron chi connectivity index (χ1n) is 7.72. The van der Waals surface area contributed by atoms with Crippen LogP contribution in [0.1, 0.15) is 11.4 Å². The van der Waals surface area contributed by atoms with Gasteiger partial charge in [-0.3, -0.25) is 4.90 Å². The molecular formula is C17H24N4. The fourth-order valence-electron chi connectivity index (χ4n) is 2.95. The number of imidazole rings is 1. The lowest BCUT2D eigenvalue weighted by molar-refractivity contribution is 0.259. The maximum atomic E-state index is 4.40. The predicted octanol–water partition coefficient (Wildman–Crippen LogP) is 2.09. The van der Waals surface area contributed by atoms with E-state index in [0.717, 1.165) is 39.1 Å². The quantitative estimate of drug-likeness (QED) is 0.859. The first kappa shape index (κ1) is 14.1. The molecule has 2 heterocycles. The molecule has 0 spiro atoms. The average molecular weight is 284 g/mol. The lowest BCUT2D eigenvalue weighted by Gasteiger charge is -2.36. The van der Waals surface area contributed by atoms with E-state index in [1.54, 1.807) is 0 Å². The molecule has 0 amide bonds. The molecule has 4 heteroatoms. The summed E-state index contributed by atoms with van der Waals surface area (Å²) >= 11 is 0. The Hall–Kier alpha value is -1.81. The van der Waals surface area contributed by atoms with Crippen molar-refractivity contribution in [1.29, 1.82) is 0 Å². The molecule has 1 saturated heterocycles. The molecule has 21 heavy (non-hydrogen) atoms. The topological polar surface area (TPSA) is 24.3 Å². The minimum Gasteiger partial charge on any atom is -0.369 e. The second-order valence-electron chi connectivity index (χ2n) is 5.87. The largest absolute Gasteiger partial charge is 0.369 e. The number of aromatic nitrogens is 2. The van der Waals surface area contributed by atoms with Crippen LogP contribution in [-0.2, 0) is 13.5 Å². The number of rotatable bonds is 4. The number of piperazine rings is 1. The molecule has 0 atom stereocenters. The second-order valence-corrected chi connectivity index (χ2v) is 5.87. The van der Waals surface area contributed by atoms with Gasteiger partial charge in [0.15, 0.2) is 0 Å². The molecule has 0 radical (unpaired) electrons. The van der Waals surface area contributed by atoms with Gasteiger partial charge in [0.1, 0.15) is 5.82 Å². The molecule has 1 aliphatic heterocycles. The Bertz CT molecular complexity index is 582. The van der Waals surface area contributed by atoms with Gasteiger partial charge in [-0.25, -0.2) is 4.98 Å². The van der Waals surface area contributed by atoms with Crippen molar-refractivity contribution in [2.24, 2.45) is 7.05 Å². The molecule has 1 aromatic heterocycles. The summed E-state index contributed by atoms with van der Waals surface area (Å²) < 4.78 is 2.11. The van der Waals surface area contributed by atoms with Gasteiger partial charge in [0, 0.05) is 64.3 Å². The number of nitrogens with zero attached hydrogens (tertiary/aromatic N) is 4.